The van der Waals surface area contributed by atoms with Crippen molar-refractivity contribution >= 4 is 15.7 Å². The summed E-state index contributed by atoms with van der Waals surface area (Å²) < 4.78 is 42.1. The Morgan fingerprint density at radius 1 is 0.966 bits per heavy atom. The van der Waals surface area contributed by atoms with Crippen LogP contribution < -0.4 is 10.1 Å². The van der Waals surface area contributed by atoms with E-state index in [1.165, 1.54) is 30.3 Å². The first-order valence-electron chi connectivity index (χ1n) is 8.78. The first kappa shape index (κ1) is 20.5. The average molecular weight is 413 g/mol. The summed E-state index contributed by atoms with van der Waals surface area (Å²) in [6, 6.07) is 18.2. The number of amides is 1. The van der Waals surface area contributed by atoms with Gasteiger partial charge in [0.05, 0.1) is 18.0 Å². The SMILES string of the molecule is COc1ccc(C(NC(=O)c2cccc(S(C)(=O)=O)c2)c2ccc(F)cc2)cc1. The minimum absolute atomic E-state index is 0.0629. The molecule has 0 radical (unpaired) electrons. The van der Waals surface area contributed by atoms with E-state index in [0.29, 0.717) is 11.3 Å². The van der Waals surface area contributed by atoms with Crippen molar-refractivity contribution in [2.24, 2.45) is 0 Å². The molecular weight excluding hydrogens is 393 g/mol. The van der Waals surface area contributed by atoms with E-state index in [1.807, 2.05) is 0 Å². The van der Waals surface area contributed by atoms with Crippen molar-refractivity contribution < 1.29 is 22.3 Å². The van der Waals surface area contributed by atoms with E-state index in [2.05, 4.69) is 5.32 Å². The van der Waals surface area contributed by atoms with Crippen LogP contribution in [0.1, 0.15) is 27.5 Å². The number of ether oxygens (including phenoxy) is 1. The Bertz CT molecular complexity index is 1110. The molecule has 3 aromatic carbocycles. The molecule has 0 aliphatic carbocycles. The molecule has 1 atom stereocenters. The number of hydrogen-bond donors (Lipinski definition) is 1. The molecule has 3 aromatic rings. The highest BCUT2D eigenvalue weighted by Gasteiger charge is 2.19. The first-order chi connectivity index (χ1) is 13.8. The molecule has 0 saturated carbocycles. The highest BCUT2D eigenvalue weighted by molar-refractivity contribution is 7.90. The van der Waals surface area contributed by atoms with Gasteiger partial charge < -0.3 is 10.1 Å². The number of carbonyl (C=O) groups excluding carboxylic acids is 1. The van der Waals surface area contributed by atoms with Crippen molar-refractivity contribution in [2.45, 2.75) is 10.9 Å². The summed E-state index contributed by atoms with van der Waals surface area (Å²) >= 11 is 0. The second-order valence-corrected chi connectivity index (χ2v) is 8.55. The van der Waals surface area contributed by atoms with Crippen LogP contribution in [0.4, 0.5) is 4.39 Å². The van der Waals surface area contributed by atoms with Gasteiger partial charge in [0, 0.05) is 11.8 Å². The van der Waals surface area contributed by atoms with Crippen LogP contribution in [0.15, 0.2) is 77.7 Å². The predicted molar refractivity (Wildman–Crippen MR) is 108 cm³/mol. The number of sulfone groups is 1. The topological polar surface area (TPSA) is 72.5 Å². The molecule has 0 aliphatic heterocycles. The lowest BCUT2D eigenvalue weighted by atomic mass is 9.98. The van der Waals surface area contributed by atoms with E-state index in [0.717, 1.165) is 11.8 Å². The van der Waals surface area contributed by atoms with E-state index in [1.54, 1.807) is 49.6 Å². The molecule has 5 nitrogen and oxygen atoms in total. The van der Waals surface area contributed by atoms with Crippen molar-refractivity contribution in [1.82, 2.24) is 5.32 Å². The Labute approximate surface area is 169 Å². The third-order valence-corrected chi connectivity index (χ3v) is 5.56. The van der Waals surface area contributed by atoms with Crippen LogP contribution in [0.2, 0.25) is 0 Å². The summed E-state index contributed by atoms with van der Waals surface area (Å²) in [6.07, 6.45) is 1.09. The van der Waals surface area contributed by atoms with Gasteiger partial charge in [-0.1, -0.05) is 30.3 Å². The van der Waals surface area contributed by atoms with E-state index < -0.39 is 21.8 Å². The Kier molecular flexibility index (Phi) is 5.98. The van der Waals surface area contributed by atoms with Gasteiger partial charge in [-0.3, -0.25) is 4.79 Å². The van der Waals surface area contributed by atoms with Gasteiger partial charge >= 0.3 is 0 Å². The molecule has 29 heavy (non-hydrogen) atoms. The number of methoxy groups -OCH3 is 1. The van der Waals surface area contributed by atoms with Gasteiger partial charge in [0.2, 0.25) is 0 Å². The summed E-state index contributed by atoms with van der Waals surface area (Å²) in [5.74, 6) is -0.158. The second kappa shape index (κ2) is 8.45. The quantitative estimate of drug-likeness (QED) is 0.668. The van der Waals surface area contributed by atoms with Crippen LogP contribution in [0.25, 0.3) is 0 Å². The van der Waals surface area contributed by atoms with E-state index in [-0.39, 0.29) is 16.3 Å². The van der Waals surface area contributed by atoms with Crippen LogP contribution >= 0.6 is 0 Å². The molecular formula is C22H20FNO4S. The lowest BCUT2D eigenvalue weighted by Crippen LogP contribution is -2.29. The van der Waals surface area contributed by atoms with Crippen molar-refractivity contribution in [3.05, 3.63) is 95.3 Å². The zero-order chi connectivity index (χ0) is 21.0. The van der Waals surface area contributed by atoms with Gasteiger partial charge in [-0.2, -0.15) is 0 Å². The molecule has 0 saturated heterocycles. The fourth-order valence-corrected chi connectivity index (χ4v) is 3.56. The van der Waals surface area contributed by atoms with Crippen molar-refractivity contribution in [2.75, 3.05) is 13.4 Å². The zero-order valence-corrected chi connectivity index (χ0v) is 16.7. The third kappa shape index (κ3) is 5.00. The van der Waals surface area contributed by atoms with Gasteiger partial charge in [0.1, 0.15) is 11.6 Å². The number of benzene rings is 3. The minimum atomic E-state index is -3.44. The van der Waals surface area contributed by atoms with Crippen LogP contribution in [-0.4, -0.2) is 27.7 Å². The Morgan fingerprint density at radius 2 is 1.55 bits per heavy atom. The normalized spacial score (nSPS) is 12.2. The monoisotopic (exact) mass is 413 g/mol. The molecule has 1 amide bonds. The molecule has 0 aromatic heterocycles. The molecule has 0 aliphatic rings. The Hall–Kier alpha value is -3.19. The lowest BCUT2D eigenvalue weighted by Gasteiger charge is -2.20. The highest BCUT2D eigenvalue weighted by atomic mass is 32.2. The lowest BCUT2D eigenvalue weighted by molar-refractivity contribution is 0.0942. The molecule has 7 heteroatoms. The largest absolute Gasteiger partial charge is 0.497 e. The molecule has 0 heterocycles. The van der Waals surface area contributed by atoms with E-state index >= 15 is 0 Å². The van der Waals surface area contributed by atoms with E-state index in [9.17, 15) is 17.6 Å². The van der Waals surface area contributed by atoms with Gasteiger partial charge in [-0.05, 0) is 53.6 Å². The van der Waals surface area contributed by atoms with E-state index in [4.69, 9.17) is 4.74 Å². The number of hydrogen-bond acceptors (Lipinski definition) is 4. The Morgan fingerprint density at radius 3 is 2.10 bits per heavy atom. The molecule has 0 spiro atoms. The van der Waals surface area contributed by atoms with Gasteiger partial charge in [0.25, 0.3) is 5.91 Å². The summed E-state index contributed by atoms with van der Waals surface area (Å²) in [7, 11) is -1.88. The standard InChI is InChI=1S/C22H20FNO4S/c1-28-19-12-8-16(9-13-19)21(15-6-10-18(23)11-7-15)24-22(25)17-4-3-5-20(14-17)29(2,26)27/h3-14,21H,1-2H3,(H,24,25). The molecule has 0 fully saturated rings. The second-order valence-electron chi connectivity index (χ2n) is 6.53. The maximum absolute atomic E-state index is 13.4. The number of nitrogens with one attached hydrogen (secondary N) is 1. The molecule has 1 unspecified atom stereocenters. The zero-order valence-electron chi connectivity index (χ0n) is 15.9. The van der Waals surface area contributed by atoms with Crippen molar-refractivity contribution in [1.29, 1.82) is 0 Å². The fraction of sp³-hybridized carbons (Fsp3) is 0.136. The Balaban J connectivity index is 1.96. The highest BCUT2D eigenvalue weighted by Crippen LogP contribution is 2.25. The van der Waals surface area contributed by atoms with Gasteiger partial charge in [-0.15, -0.1) is 0 Å². The van der Waals surface area contributed by atoms with Gasteiger partial charge in [0.15, 0.2) is 9.84 Å². The maximum atomic E-state index is 13.4. The van der Waals surface area contributed by atoms with Gasteiger partial charge in [-0.25, -0.2) is 12.8 Å². The van der Waals surface area contributed by atoms with Crippen LogP contribution in [0, 0.1) is 5.82 Å². The molecule has 1 N–H and O–H groups in total. The third-order valence-electron chi connectivity index (χ3n) is 4.45. The van der Waals surface area contributed by atoms with Crippen molar-refractivity contribution in [3.63, 3.8) is 0 Å². The minimum Gasteiger partial charge on any atom is -0.497 e. The predicted octanol–water partition coefficient (Wildman–Crippen LogP) is 3.76. The van der Waals surface area contributed by atoms with Crippen molar-refractivity contribution in [3.8, 4) is 5.75 Å². The molecule has 0 bridgehead atoms. The smallest absolute Gasteiger partial charge is 0.252 e. The number of carbonyl (C=O) groups is 1. The summed E-state index contributed by atoms with van der Waals surface area (Å²) in [6.45, 7) is 0. The van der Waals surface area contributed by atoms with Crippen LogP contribution in [0.5, 0.6) is 5.75 Å². The number of halogens is 1. The summed E-state index contributed by atoms with van der Waals surface area (Å²) in [5, 5.41) is 2.90. The molecule has 150 valence electrons. The summed E-state index contributed by atoms with van der Waals surface area (Å²) in [4.78, 5) is 12.9. The fourth-order valence-electron chi connectivity index (χ4n) is 2.89. The van der Waals surface area contributed by atoms with Crippen LogP contribution in [-0.2, 0) is 9.84 Å². The maximum Gasteiger partial charge on any atom is 0.252 e. The number of rotatable bonds is 6. The molecule has 3 rings (SSSR count). The summed E-state index contributed by atoms with van der Waals surface area (Å²) in [5.41, 5.74) is 1.67. The van der Waals surface area contributed by atoms with Crippen LogP contribution in [0.3, 0.4) is 0 Å². The first-order valence-corrected chi connectivity index (χ1v) is 10.7. The average Bonchev–Trinajstić information content (AvgIpc) is 2.72.